The van der Waals surface area contributed by atoms with Gasteiger partial charge in [0.05, 0.1) is 6.61 Å². The molecule has 0 aromatic rings. The summed E-state index contributed by atoms with van der Waals surface area (Å²) in [4.78, 5) is 22.6. The summed E-state index contributed by atoms with van der Waals surface area (Å²) in [7, 11) is 0. The van der Waals surface area contributed by atoms with Gasteiger partial charge < -0.3 is 15.1 Å². The molecule has 0 aliphatic carbocycles. The molecule has 8 heteroatoms. The van der Waals surface area contributed by atoms with Gasteiger partial charge in [-0.1, -0.05) is 0 Å². The number of amides is 1. The predicted octanol–water partition coefficient (Wildman–Crippen LogP) is 0.791. The Morgan fingerprint density at radius 1 is 1.17 bits per heavy atom. The fourth-order valence-corrected chi connectivity index (χ4v) is 1.15. The first-order chi connectivity index (χ1) is 8.10. The average molecular weight is 269 g/mol. The summed E-state index contributed by atoms with van der Waals surface area (Å²) in [6, 6.07) is 0. The monoisotopic (exact) mass is 269 g/mol. The van der Waals surface area contributed by atoms with Crippen LogP contribution >= 0.6 is 0 Å². The molecule has 104 valence electrons. The molecule has 0 rings (SSSR count). The van der Waals surface area contributed by atoms with E-state index in [9.17, 15) is 22.8 Å². The van der Waals surface area contributed by atoms with Gasteiger partial charge in [-0.15, -0.1) is 0 Å². The minimum atomic E-state index is -4.61. The lowest BCUT2D eigenvalue weighted by Crippen LogP contribution is -2.41. The van der Waals surface area contributed by atoms with E-state index >= 15 is 0 Å². The van der Waals surface area contributed by atoms with E-state index in [2.05, 4.69) is 0 Å². The number of halogens is 3. The molecule has 1 amide bonds. The van der Waals surface area contributed by atoms with Crippen LogP contribution in [0.1, 0.15) is 13.8 Å². The summed E-state index contributed by atoms with van der Waals surface area (Å²) in [5.74, 6) is -2.43. The van der Waals surface area contributed by atoms with Crippen molar-refractivity contribution in [1.29, 1.82) is 0 Å². The molecule has 5 nitrogen and oxygen atoms in total. The highest BCUT2D eigenvalue weighted by Crippen LogP contribution is 2.18. The molecule has 0 aromatic carbocycles. The molecule has 0 aromatic heterocycles. The number of aliphatic hydroxyl groups is 1. The minimum absolute atomic E-state index is 0.291. The van der Waals surface area contributed by atoms with Gasteiger partial charge in [0.1, 0.15) is 6.54 Å². The van der Waals surface area contributed by atoms with E-state index in [0.717, 1.165) is 13.8 Å². The van der Waals surface area contributed by atoms with E-state index in [-0.39, 0.29) is 11.1 Å². The molecule has 0 bridgehead atoms. The lowest BCUT2D eigenvalue weighted by Gasteiger charge is -2.23. The number of nitrogens with zero attached hydrogens (tertiary/aromatic N) is 1. The molecule has 0 spiro atoms. The second-order valence-corrected chi connectivity index (χ2v) is 3.62. The van der Waals surface area contributed by atoms with Gasteiger partial charge in [0.2, 0.25) is 5.91 Å². The van der Waals surface area contributed by atoms with Crippen molar-refractivity contribution in [1.82, 2.24) is 4.90 Å². The van der Waals surface area contributed by atoms with Gasteiger partial charge in [0, 0.05) is 17.7 Å². The van der Waals surface area contributed by atoms with Crippen molar-refractivity contribution in [2.45, 2.75) is 20.0 Å². The number of aliphatic hydroxyl groups excluding tert-OH is 1. The van der Waals surface area contributed by atoms with Crippen molar-refractivity contribution in [2.75, 3.05) is 19.7 Å². The zero-order valence-corrected chi connectivity index (χ0v) is 9.91. The van der Waals surface area contributed by atoms with Crippen LogP contribution in [0, 0.1) is 0 Å². The Kier molecular flexibility index (Phi) is 5.83. The Labute approximate surface area is 102 Å². The van der Waals surface area contributed by atoms with Crippen LogP contribution in [0.2, 0.25) is 0 Å². The van der Waals surface area contributed by atoms with Crippen LogP contribution < -0.4 is 0 Å². The topological polar surface area (TPSA) is 77.8 Å². The number of carbonyl (C=O) groups excluding carboxylic acids is 1. The summed E-state index contributed by atoms with van der Waals surface area (Å²) in [6.07, 6.45) is -4.61. The maximum Gasteiger partial charge on any atom is 0.406 e. The highest BCUT2D eigenvalue weighted by molar-refractivity contribution is 6.01. The van der Waals surface area contributed by atoms with Gasteiger partial charge in [0.25, 0.3) is 0 Å². The van der Waals surface area contributed by atoms with Crippen molar-refractivity contribution >= 4 is 11.9 Å². The molecular formula is C10H14F3NO4. The second-order valence-electron chi connectivity index (χ2n) is 3.62. The highest BCUT2D eigenvalue weighted by Gasteiger charge is 2.33. The van der Waals surface area contributed by atoms with Crippen LogP contribution in [0.3, 0.4) is 0 Å². The van der Waals surface area contributed by atoms with Crippen LogP contribution in [0.25, 0.3) is 0 Å². The quantitative estimate of drug-likeness (QED) is 0.723. The van der Waals surface area contributed by atoms with E-state index in [0.29, 0.717) is 4.90 Å². The minimum Gasteiger partial charge on any atom is -0.478 e. The molecule has 18 heavy (non-hydrogen) atoms. The first kappa shape index (κ1) is 16.4. The number of aliphatic carboxylic acids is 1. The van der Waals surface area contributed by atoms with E-state index < -0.39 is 37.7 Å². The smallest absolute Gasteiger partial charge is 0.406 e. The van der Waals surface area contributed by atoms with Crippen molar-refractivity contribution in [3.8, 4) is 0 Å². The summed E-state index contributed by atoms with van der Waals surface area (Å²) in [6.45, 7) is -0.423. The SMILES string of the molecule is CC(C(=O)O)=C(C)C(=O)N(CCO)CC(F)(F)F. The number of alkyl halides is 3. The van der Waals surface area contributed by atoms with E-state index in [1.54, 1.807) is 0 Å². The summed E-state index contributed by atoms with van der Waals surface area (Å²) >= 11 is 0. The average Bonchev–Trinajstić information content (AvgIpc) is 2.23. The molecule has 0 radical (unpaired) electrons. The van der Waals surface area contributed by atoms with Crippen LogP contribution in [-0.2, 0) is 9.59 Å². The Hall–Kier alpha value is -1.57. The first-order valence-electron chi connectivity index (χ1n) is 4.97. The Morgan fingerprint density at radius 2 is 1.67 bits per heavy atom. The number of carbonyl (C=O) groups is 2. The first-order valence-corrected chi connectivity index (χ1v) is 4.97. The lowest BCUT2D eigenvalue weighted by molar-refractivity contribution is -0.159. The number of hydrogen-bond donors (Lipinski definition) is 2. The third kappa shape index (κ3) is 5.17. The molecule has 0 unspecified atom stereocenters. The zero-order valence-electron chi connectivity index (χ0n) is 9.91. The lowest BCUT2D eigenvalue weighted by atomic mass is 10.1. The number of hydrogen-bond acceptors (Lipinski definition) is 3. The van der Waals surface area contributed by atoms with Gasteiger partial charge >= 0.3 is 12.1 Å². The van der Waals surface area contributed by atoms with Crippen LogP contribution in [0.5, 0.6) is 0 Å². The standard InChI is InChI=1S/C10H14F3NO4/c1-6(7(2)9(17)18)8(16)14(3-4-15)5-10(11,12)13/h15H,3-5H2,1-2H3,(H,17,18). The molecule has 0 saturated heterocycles. The fourth-order valence-electron chi connectivity index (χ4n) is 1.15. The molecule has 0 heterocycles. The van der Waals surface area contributed by atoms with Crippen molar-refractivity contribution in [3.05, 3.63) is 11.1 Å². The third-order valence-corrected chi connectivity index (χ3v) is 2.23. The van der Waals surface area contributed by atoms with Crippen molar-refractivity contribution in [2.24, 2.45) is 0 Å². The number of rotatable bonds is 5. The highest BCUT2D eigenvalue weighted by atomic mass is 19.4. The van der Waals surface area contributed by atoms with E-state index in [4.69, 9.17) is 10.2 Å². The van der Waals surface area contributed by atoms with Gasteiger partial charge in [-0.3, -0.25) is 4.79 Å². The van der Waals surface area contributed by atoms with E-state index in [1.165, 1.54) is 0 Å². The largest absolute Gasteiger partial charge is 0.478 e. The summed E-state index contributed by atoms with van der Waals surface area (Å²) in [5, 5.41) is 17.3. The summed E-state index contributed by atoms with van der Waals surface area (Å²) in [5.41, 5.74) is -0.620. The van der Waals surface area contributed by atoms with Crippen molar-refractivity contribution in [3.63, 3.8) is 0 Å². The Bertz CT molecular complexity index is 363. The molecule has 0 fully saturated rings. The second kappa shape index (κ2) is 6.39. The van der Waals surface area contributed by atoms with Gasteiger partial charge in [-0.25, -0.2) is 4.79 Å². The van der Waals surface area contributed by atoms with Gasteiger partial charge in [0.15, 0.2) is 0 Å². The molecule has 0 aliphatic heterocycles. The van der Waals surface area contributed by atoms with Crippen LogP contribution in [0.15, 0.2) is 11.1 Å². The Balaban J connectivity index is 5.09. The molecule has 2 N–H and O–H groups in total. The fraction of sp³-hybridized carbons (Fsp3) is 0.600. The van der Waals surface area contributed by atoms with Crippen LogP contribution in [-0.4, -0.2) is 52.9 Å². The maximum absolute atomic E-state index is 12.2. The summed E-state index contributed by atoms with van der Waals surface area (Å²) < 4.78 is 36.6. The molecule has 0 saturated carbocycles. The van der Waals surface area contributed by atoms with Gasteiger partial charge in [-0.05, 0) is 13.8 Å². The molecule has 0 atom stereocenters. The van der Waals surface area contributed by atoms with Gasteiger partial charge in [-0.2, -0.15) is 13.2 Å². The molecule has 0 aliphatic rings. The maximum atomic E-state index is 12.2. The Morgan fingerprint density at radius 3 is 2.00 bits per heavy atom. The van der Waals surface area contributed by atoms with Crippen LogP contribution in [0.4, 0.5) is 13.2 Å². The van der Waals surface area contributed by atoms with E-state index in [1.807, 2.05) is 0 Å². The third-order valence-electron chi connectivity index (χ3n) is 2.23. The normalized spacial score (nSPS) is 13.0. The molecular weight excluding hydrogens is 255 g/mol. The predicted molar refractivity (Wildman–Crippen MR) is 55.7 cm³/mol. The number of carboxylic acid groups (broad SMARTS) is 1. The van der Waals surface area contributed by atoms with Crippen molar-refractivity contribution < 1.29 is 33.0 Å². The zero-order chi connectivity index (χ0) is 14.5. The number of carboxylic acids is 1.